The Hall–Kier alpha value is -1.10. The lowest BCUT2D eigenvalue weighted by molar-refractivity contribution is 0.494. The van der Waals surface area contributed by atoms with Gasteiger partial charge in [-0.1, -0.05) is 48.5 Å². The summed E-state index contributed by atoms with van der Waals surface area (Å²) in [5, 5.41) is 0.465. The molecule has 15 heavy (non-hydrogen) atoms. The van der Waals surface area contributed by atoms with Crippen LogP contribution in [0.4, 0.5) is 0 Å². The standard InChI is InChI=1S/C8H7Cl.C2H4O3S/c9-7-6-8-4-2-1-3-5-8;1-2-6(3,4)5/h1-7H;2H,1H2,(H,3,4,5). The summed E-state index contributed by atoms with van der Waals surface area (Å²) < 4.78 is 26.6. The zero-order valence-corrected chi connectivity index (χ0v) is 9.45. The maximum atomic E-state index is 9.44. The van der Waals surface area contributed by atoms with Crippen LogP contribution in [0, 0.1) is 0 Å². The monoisotopic (exact) mass is 246 g/mol. The van der Waals surface area contributed by atoms with Gasteiger partial charge in [-0.3, -0.25) is 4.55 Å². The maximum absolute atomic E-state index is 9.44. The average molecular weight is 247 g/mol. The molecule has 0 spiro atoms. The summed E-state index contributed by atoms with van der Waals surface area (Å²) in [6.07, 6.45) is 1.85. The summed E-state index contributed by atoms with van der Waals surface area (Å²) in [5.74, 6) is 0. The van der Waals surface area contributed by atoms with E-state index in [-0.39, 0.29) is 0 Å². The predicted molar refractivity (Wildman–Crippen MR) is 63.1 cm³/mol. The van der Waals surface area contributed by atoms with Gasteiger partial charge < -0.3 is 0 Å². The first kappa shape index (κ1) is 13.9. The third-order valence-electron chi connectivity index (χ3n) is 1.27. The van der Waals surface area contributed by atoms with Gasteiger partial charge in [0.1, 0.15) is 0 Å². The minimum Gasteiger partial charge on any atom is -0.282 e. The van der Waals surface area contributed by atoms with Crippen molar-refractivity contribution in [1.29, 1.82) is 0 Å². The number of hydrogen-bond donors (Lipinski definition) is 1. The lowest BCUT2D eigenvalue weighted by Gasteiger charge is -1.86. The number of halogens is 1. The first-order chi connectivity index (χ1) is 6.99. The molecule has 0 bridgehead atoms. The molecule has 82 valence electrons. The van der Waals surface area contributed by atoms with E-state index in [4.69, 9.17) is 16.2 Å². The van der Waals surface area contributed by atoms with E-state index in [1.807, 2.05) is 36.4 Å². The van der Waals surface area contributed by atoms with E-state index in [0.29, 0.717) is 5.41 Å². The van der Waals surface area contributed by atoms with Gasteiger partial charge in [-0.15, -0.1) is 0 Å². The number of benzene rings is 1. The Balaban J connectivity index is 0.000000288. The second kappa shape index (κ2) is 7.23. The largest absolute Gasteiger partial charge is 0.287 e. The van der Waals surface area contributed by atoms with E-state index < -0.39 is 10.1 Å². The van der Waals surface area contributed by atoms with Crippen molar-refractivity contribution in [1.82, 2.24) is 0 Å². The van der Waals surface area contributed by atoms with Gasteiger partial charge in [0.05, 0.1) is 5.41 Å². The number of hydrogen-bond acceptors (Lipinski definition) is 2. The number of rotatable bonds is 2. The summed E-state index contributed by atoms with van der Waals surface area (Å²) in [6, 6.07) is 9.93. The summed E-state index contributed by atoms with van der Waals surface area (Å²) in [6.45, 7) is 2.79. The molecule has 0 aliphatic rings. The fourth-order valence-electron chi connectivity index (χ4n) is 0.637. The first-order valence-corrected chi connectivity index (χ1v) is 5.85. The lowest BCUT2D eigenvalue weighted by atomic mass is 10.2. The minimum absolute atomic E-state index is 0.465. The van der Waals surface area contributed by atoms with Crippen LogP contribution in [0.3, 0.4) is 0 Å². The highest BCUT2D eigenvalue weighted by Gasteiger charge is 1.87. The van der Waals surface area contributed by atoms with Gasteiger partial charge in [0.25, 0.3) is 10.1 Å². The SMILES string of the molecule is C=CS(=O)(=O)O.ClC=Cc1ccccc1. The summed E-state index contributed by atoms with van der Waals surface area (Å²) >= 11 is 5.36. The van der Waals surface area contributed by atoms with Crippen LogP contribution >= 0.6 is 11.6 Å². The van der Waals surface area contributed by atoms with E-state index in [0.717, 1.165) is 5.56 Å². The molecule has 0 radical (unpaired) electrons. The topological polar surface area (TPSA) is 54.4 Å². The van der Waals surface area contributed by atoms with Crippen molar-refractivity contribution in [2.45, 2.75) is 0 Å². The van der Waals surface area contributed by atoms with Crippen LogP contribution in [0.5, 0.6) is 0 Å². The molecular formula is C10H11ClO3S. The fourth-order valence-corrected chi connectivity index (χ4v) is 0.782. The summed E-state index contributed by atoms with van der Waals surface area (Å²) in [5.41, 5.74) is 2.64. The van der Waals surface area contributed by atoms with Crippen molar-refractivity contribution >= 4 is 27.8 Å². The predicted octanol–water partition coefficient (Wildman–Crippen LogP) is 2.91. The smallest absolute Gasteiger partial charge is 0.282 e. The van der Waals surface area contributed by atoms with Crippen LogP contribution < -0.4 is 0 Å². The lowest BCUT2D eigenvalue weighted by Crippen LogP contribution is -1.86. The molecule has 0 heterocycles. The Morgan fingerprint density at radius 3 is 2.07 bits per heavy atom. The van der Waals surface area contributed by atoms with E-state index in [1.54, 1.807) is 0 Å². The summed E-state index contributed by atoms with van der Waals surface area (Å²) in [7, 11) is -3.90. The van der Waals surface area contributed by atoms with Crippen LogP contribution in [0.1, 0.15) is 5.56 Å². The molecule has 1 rings (SSSR count). The van der Waals surface area contributed by atoms with Gasteiger partial charge in [-0.05, 0) is 11.6 Å². The zero-order valence-electron chi connectivity index (χ0n) is 7.88. The Kier molecular flexibility index (Phi) is 6.70. The zero-order chi connectivity index (χ0) is 11.7. The molecule has 1 aromatic carbocycles. The van der Waals surface area contributed by atoms with Gasteiger partial charge in [-0.2, -0.15) is 8.42 Å². The highest BCUT2D eigenvalue weighted by atomic mass is 35.5. The van der Waals surface area contributed by atoms with Gasteiger partial charge in [0, 0.05) is 5.54 Å². The van der Waals surface area contributed by atoms with Crippen molar-refractivity contribution in [2.24, 2.45) is 0 Å². The van der Waals surface area contributed by atoms with Crippen molar-refractivity contribution in [2.75, 3.05) is 0 Å². The molecule has 0 saturated heterocycles. The van der Waals surface area contributed by atoms with Gasteiger partial charge in [-0.25, -0.2) is 0 Å². The van der Waals surface area contributed by atoms with Crippen LogP contribution in [-0.4, -0.2) is 13.0 Å². The molecule has 1 aromatic rings. The molecule has 3 nitrogen and oxygen atoms in total. The highest BCUT2D eigenvalue weighted by Crippen LogP contribution is 2.00. The third kappa shape index (κ3) is 9.21. The normalized spacial score (nSPS) is 10.5. The Labute approximate surface area is 94.4 Å². The molecule has 0 aliphatic heterocycles. The molecular weight excluding hydrogens is 236 g/mol. The molecule has 0 aromatic heterocycles. The van der Waals surface area contributed by atoms with Crippen molar-refractivity contribution in [3.63, 3.8) is 0 Å². The molecule has 0 atom stereocenters. The highest BCUT2D eigenvalue weighted by molar-refractivity contribution is 7.88. The summed E-state index contributed by atoms with van der Waals surface area (Å²) in [4.78, 5) is 0. The Morgan fingerprint density at radius 1 is 1.27 bits per heavy atom. The van der Waals surface area contributed by atoms with Crippen LogP contribution in [0.2, 0.25) is 0 Å². The molecule has 5 heteroatoms. The second-order valence-corrected chi connectivity index (χ2v) is 4.00. The molecule has 0 amide bonds. The minimum atomic E-state index is -3.90. The molecule has 1 N–H and O–H groups in total. The van der Waals surface area contributed by atoms with Crippen molar-refractivity contribution < 1.29 is 13.0 Å². The molecule has 0 saturated carbocycles. The van der Waals surface area contributed by atoms with Gasteiger partial charge in [0.15, 0.2) is 0 Å². The van der Waals surface area contributed by atoms with Crippen LogP contribution in [-0.2, 0) is 10.1 Å². The van der Waals surface area contributed by atoms with Gasteiger partial charge in [0.2, 0.25) is 0 Å². The van der Waals surface area contributed by atoms with E-state index >= 15 is 0 Å². The van der Waals surface area contributed by atoms with E-state index in [1.165, 1.54) is 5.54 Å². The average Bonchev–Trinajstić information content (AvgIpc) is 2.20. The van der Waals surface area contributed by atoms with Crippen molar-refractivity contribution in [3.8, 4) is 0 Å². The molecule has 0 unspecified atom stereocenters. The first-order valence-electron chi connectivity index (χ1n) is 3.91. The van der Waals surface area contributed by atoms with Gasteiger partial charge >= 0.3 is 0 Å². The van der Waals surface area contributed by atoms with Crippen molar-refractivity contribution in [3.05, 3.63) is 53.4 Å². The molecule has 0 aliphatic carbocycles. The fraction of sp³-hybridized carbons (Fsp3) is 0. The van der Waals surface area contributed by atoms with E-state index in [9.17, 15) is 8.42 Å². The third-order valence-corrected chi connectivity index (χ3v) is 1.81. The van der Waals surface area contributed by atoms with Crippen LogP contribution in [0.25, 0.3) is 6.08 Å². The molecule has 0 fully saturated rings. The second-order valence-electron chi connectivity index (χ2n) is 2.38. The van der Waals surface area contributed by atoms with E-state index in [2.05, 4.69) is 6.58 Å². The maximum Gasteiger partial charge on any atom is 0.287 e. The Morgan fingerprint density at radius 2 is 1.73 bits per heavy atom. The van der Waals surface area contributed by atoms with Crippen LogP contribution in [0.15, 0.2) is 47.9 Å². The quantitative estimate of drug-likeness (QED) is 0.817. The Bertz CT molecular complexity index is 398.